The Morgan fingerprint density at radius 1 is 1.75 bits per heavy atom. The SMILES string of the molecule is O=C(O)C1CC1c1cc(Br)cs1. The highest BCUT2D eigenvalue weighted by Crippen LogP contribution is 2.49. The van der Waals surface area contributed by atoms with Crippen LogP contribution in [0.5, 0.6) is 0 Å². The standard InChI is InChI=1S/C8H7BrO2S/c9-4-1-7(12-3-4)5-2-6(5)8(10)11/h1,3,5-6H,2H2,(H,10,11). The number of hydrogen-bond donors (Lipinski definition) is 1. The highest BCUT2D eigenvalue weighted by molar-refractivity contribution is 9.10. The van der Waals surface area contributed by atoms with Crippen LogP contribution in [-0.2, 0) is 4.79 Å². The lowest BCUT2D eigenvalue weighted by Gasteiger charge is -1.89. The molecule has 0 aromatic carbocycles. The minimum Gasteiger partial charge on any atom is -0.481 e. The Bertz CT molecular complexity index is 321. The molecule has 1 heterocycles. The van der Waals surface area contributed by atoms with E-state index in [4.69, 9.17) is 5.11 Å². The molecule has 4 heteroatoms. The van der Waals surface area contributed by atoms with Crippen LogP contribution in [0.25, 0.3) is 0 Å². The first-order valence-corrected chi connectivity index (χ1v) is 5.32. The number of carboxylic acids is 1. The molecule has 1 aromatic heterocycles. The van der Waals surface area contributed by atoms with Gasteiger partial charge in [0, 0.05) is 20.6 Å². The first-order chi connectivity index (χ1) is 5.68. The number of carboxylic acid groups (broad SMARTS) is 1. The molecule has 1 N–H and O–H groups in total. The fraction of sp³-hybridized carbons (Fsp3) is 0.375. The zero-order valence-corrected chi connectivity index (χ0v) is 8.56. The summed E-state index contributed by atoms with van der Waals surface area (Å²) in [4.78, 5) is 11.7. The van der Waals surface area contributed by atoms with E-state index >= 15 is 0 Å². The Morgan fingerprint density at radius 3 is 2.92 bits per heavy atom. The molecule has 1 aromatic rings. The van der Waals surface area contributed by atoms with Crippen molar-refractivity contribution in [2.75, 3.05) is 0 Å². The van der Waals surface area contributed by atoms with Gasteiger partial charge in [0.25, 0.3) is 0 Å². The Morgan fingerprint density at radius 2 is 2.50 bits per heavy atom. The minimum atomic E-state index is -0.662. The number of aliphatic carboxylic acids is 1. The van der Waals surface area contributed by atoms with Crippen molar-refractivity contribution in [1.29, 1.82) is 0 Å². The third-order valence-electron chi connectivity index (χ3n) is 2.06. The molecule has 1 aliphatic rings. The average Bonchev–Trinajstić information content (AvgIpc) is 2.70. The van der Waals surface area contributed by atoms with Gasteiger partial charge in [0.15, 0.2) is 0 Å². The first kappa shape index (κ1) is 8.26. The molecule has 12 heavy (non-hydrogen) atoms. The monoisotopic (exact) mass is 246 g/mol. The van der Waals surface area contributed by atoms with E-state index in [2.05, 4.69) is 15.9 Å². The summed E-state index contributed by atoms with van der Waals surface area (Å²) in [5.41, 5.74) is 0. The normalized spacial score (nSPS) is 27.1. The van der Waals surface area contributed by atoms with Gasteiger partial charge in [-0.2, -0.15) is 0 Å². The zero-order chi connectivity index (χ0) is 8.72. The van der Waals surface area contributed by atoms with E-state index in [9.17, 15) is 4.79 Å². The van der Waals surface area contributed by atoms with E-state index in [1.807, 2.05) is 11.4 Å². The number of carbonyl (C=O) groups is 1. The molecule has 0 amide bonds. The van der Waals surface area contributed by atoms with Gasteiger partial charge < -0.3 is 5.11 Å². The summed E-state index contributed by atoms with van der Waals surface area (Å²) in [5.74, 6) is -0.515. The van der Waals surface area contributed by atoms with Crippen molar-refractivity contribution in [2.24, 2.45) is 5.92 Å². The maximum Gasteiger partial charge on any atom is 0.307 e. The van der Waals surface area contributed by atoms with E-state index in [0.717, 1.165) is 10.9 Å². The van der Waals surface area contributed by atoms with Crippen LogP contribution in [0.2, 0.25) is 0 Å². The van der Waals surface area contributed by atoms with Gasteiger partial charge in [-0.25, -0.2) is 0 Å². The minimum absolute atomic E-state index is 0.129. The molecule has 0 radical (unpaired) electrons. The Labute approximate surface area is 82.3 Å². The number of hydrogen-bond acceptors (Lipinski definition) is 2. The molecule has 1 saturated carbocycles. The second-order valence-corrected chi connectivity index (χ2v) is 4.81. The lowest BCUT2D eigenvalue weighted by atomic mass is 10.3. The van der Waals surface area contributed by atoms with Crippen LogP contribution in [0.15, 0.2) is 15.9 Å². The lowest BCUT2D eigenvalue weighted by Crippen LogP contribution is -1.97. The van der Waals surface area contributed by atoms with Gasteiger partial charge in [-0.1, -0.05) is 0 Å². The van der Waals surface area contributed by atoms with Gasteiger partial charge in [0.05, 0.1) is 5.92 Å². The number of thiophene rings is 1. The number of rotatable bonds is 2. The van der Waals surface area contributed by atoms with Crippen LogP contribution >= 0.6 is 27.3 Å². The molecular weight excluding hydrogens is 240 g/mol. The van der Waals surface area contributed by atoms with Crippen molar-refractivity contribution in [2.45, 2.75) is 12.3 Å². The van der Waals surface area contributed by atoms with E-state index in [1.165, 1.54) is 4.88 Å². The van der Waals surface area contributed by atoms with Gasteiger partial charge in [-0.3, -0.25) is 4.79 Å². The van der Waals surface area contributed by atoms with Gasteiger partial charge in [0.1, 0.15) is 0 Å². The van der Waals surface area contributed by atoms with Crippen LogP contribution in [-0.4, -0.2) is 11.1 Å². The molecule has 0 spiro atoms. The summed E-state index contributed by atoms with van der Waals surface area (Å²) >= 11 is 4.98. The van der Waals surface area contributed by atoms with Crippen molar-refractivity contribution in [3.8, 4) is 0 Å². The Hall–Kier alpha value is -0.350. The summed E-state index contributed by atoms with van der Waals surface area (Å²) in [5, 5.41) is 10.7. The van der Waals surface area contributed by atoms with Gasteiger partial charge in [0.2, 0.25) is 0 Å². The molecule has 1 aliphatic carbocycles. The third kappa shape index (κ3) is 1.41. The first-order valence-electron chi connectivity index (χ1n) is 3.65. The van der Waals surface area contributed by atoms with Crippen molar-refractivity contribution >= 4 is 33.2 Å². The molecule has 0 bridgehead atoms. The maximum atomic E-state index is 10.5. The van der Waals surface area contributed by atoms with Crippen LogP contribution in [0.1, 0.15) is 17.2 Å². The van der Waals surface area contributed by atoms with Crippen LogP contribution in [0.3, 0.4) is 0 Å². The fourth-order valence-electron chi connectivity index (χ4n) is 1.31. The molecular formula is C8H7BrO2S. The topological polar surface area (TPSA) is 37.3 Å². The average molecular weight is 247 g/mol. The molecule has 2 nitrogen and oxygen atoms in total. The fourth-order valence-corrected chi connectivity index (χ4v) is 2.93. The zero-order valence-electron chi connectivity index (χ0n) is 6.16. The molecule has 2 atom stereocenters. The van der Waals surface area contributed by atoms with Gasteiger partial charge >= 0.3 is 5.97 Å². The van der Waals surface area contributed by atoms with Crippen molar-refractivity contribution in [1.82, 2.24) is 0 Å². The molecule has 2 unspecified atom stereocenters. The largest absolute Gasteiger partial charge is 0.481 e. The van der Waals surface area contributed by atoms with E-state index in [0.29, 0.717) is 0 Å². The molecule has 64 valence electrons. The molecule has 1 fully saturated rings. The smallest absolute Gasteiger partial charge is 0.307 e. The molecule has 0 aliphatic heterocycles. The second-order valence-electron chi connectivity index (χ2n) is 2.95. The maximum absolute atomic E-state index is 10.5. The highest BCUT2D eigenvalue weighted by Gasteiger charge is 2.44. The summed E-state index contributed by atoms with van der Waals surface area (Å²) in [6.07, 6.45) is 0.808. The second kappa shape index (κ2) is 2.85. The van der Waals surface area contributed by atoms with E-state index < -0.39 is 5.97 Å². The lowest BCUT2D eigenvalue weighted by molar-refractivity contribution is -0.138. The summed E-state index contributed by atoms with van der Waals surface area (Å²) in [6.45, 7) is 0. The molecule has 2 rings (SSSR count). The Kier molecular flexibility index (Phi) is 1.96. The summed E-state index contributed by atoms with van der Waals surface area (Å²) in [6, 6.07) is 2.01. The van der Waals surface area contributed by atoms with Crippen LogP contribution < -0.4 is 0 Å². The van der Waals surface area contributed by atoms with E-state index in [-0.39, 0.29) is 11.8 Å². The summed E-state index contributed by atoms with van der Waals surface area (Å²) in [7, 11) is 0. The van der Waals surface area contributed by atoms with Crippen molar-refractivity contribution < 1.29 is 9.90 Å². The summed E-state index contributed by atoms with van der Waals surface area (Å²) < 4.78 is 1.05. The van der Waals surface area contributed by atoms with Gasteiger partial charge in [-0.05, 0) is 28.4 Å². The van der Waals surface area contributed by atoms with Gasteiger partial charge in [-0.15, -0.1) is 11.3 Å². The quantitative estimate of drug-likeness (QED) is 0.872. The Balaban J connectivity index is 2.10. The predicted octanol–water partition coefficient (Wildman–Crippen LogP) is 2.70. The predicted molar refractivity (Wildman–Crippen MR) is 50.5 cm³/mol. The van der Waals surface area contributed by atoms with Crippen LogP contribution in [0, 0.1) is 5.92 Å². The van der Waals surface area contributed by atoms with E-state index in [1.54, 1.807) is 11.3 Å². The molecule has 0 saturated heterocycles. The van der Waals surface area contributed by atoms with Crippen LogP contribution in [0.4, 0.5) is 0 Å². The third-order valence-corrected chi connectivity index (χ3v) is 3.89. The number of halogens is 1. The van der Waals surface area contributed by atoms with Crippen molar-refractivity contribution in [3.05, 3.63) is 20.8 Å². The highest BCUT2D eigenvalue weighted by atomic mass is 79.9. The van der Waals surface area contributed by atoms with Crippen molar-refractivity contribution in [3.63, 3.8) is 0 Å².